The van der Waals surface area contributed by atoms with Gasteiger partial charge >= 0.3 is 5.91 Å². The van der Waals surface area contributed by atoms with Crippen LogP contribution in [0.5, 0.6) is 11.5 Å². The van der Waals surface area contributed by atoms with Crippen molar-refractivity contribution in [3.05, 3.63) is 47.4 Å². The third-order valence-corrected chi connectivity index (χ3v) is 2.63. The summed E-state index contributed by atoms with van der Waals surface area (Å²) >= 11 is 0. The van der Waals surface area contributed by atoms with Gasteiger partial charge in [-0.15, -0.1) is 0 Å². The first-order valence-electron chi connectivity index (χ1n) is 6.46. The molecule has 1 heterocycles. The Morgan fingerprint density at radius 1 is 1.43 bits per heavy atom. The highest BCUT2D eigenvalue weighted by molar-refractivity contribution is 5.92. The lowest BCUT2D eigenvalue weighted by Gasteiger charge is -2.05. The molecule has 1 amide bonds. The molecule has 2 aromatic rings. The lowest BCUT2D eigenvalue weighted by Crippen LogP contribution is -2.16. The van der Waals surface area contributed by atoms with Crippen LogP contribution >= 0.6 is 0 Å². The van der Waals surface area contributed by atoms with Crippen molar-refractivity contribution in [1.29, 1.82) is 0 Å². The molecule has 0 radical (unpaired) electrons. The predicted molar refractivity (Wildman–Crippen MR) is 77.8 cm³/mol. The first kappa shape index (κ1) is 14.6. The van der Waals surface area contributed by atoms with Crippen molar-refractivity contribution >= 4 is 12.1 Å². The number of phenolic OH excluding ortho intramolecular Hbond substituents is 1. The first-order valence-corrected chi connectivity index (χ1v) is 6.46. The molecule has 6 nitrogen and oxygen atoms in total. The van der Waals surface area contributed by atoms with Crippen molar-refractivity contribution in [2.45, 2.75) is 13.8 Å². The van der Waals surface area contributed by atoms with Gasteiger partial charge in [0.05, 0.1) is 12.8 Å². The molecule has 6 heteroatoms. The van der Waals surface area contributed by atoms with Gasteiger partial charge in [0.25, 0.3) is 0 Å². The van der Waals surface area contributed by atoms with Crippen molar-refractivity contribution in [1.82, 2.24) is 5.43 Å². The number of nitrogens with one attached hydrogen (secondary N) is 1. The number of nitrogens with zero attached hydrogens (tertiary/aromatic N) is 1. The van der Waals surface area contributed by atoms with Crippen LogP contribution in [0.4, 0.5) is 0 Å². The number of hydrogen-bond acceptors (Lipinski definition) is 5. The molecular formula is C15H16N2O4. The van der Waals surface area contributed by atoms with Crippen LogP contribution in [-0.4, -0.2) is 23.8 Å². The monoisotopic (exact) mass is 288 g/mol. The molecule has 0 atom stereocenters. The Morgan fingerprint density at radius 3 is 2.90 bits per heavy atom. The largest absolute Gasteiger partial charge is 0.504 e. The second-order valence-electron chi connectivity index (χ2n) is 4.27. The summed E-state index contributed by atoms with van der Waals surface area (Å²) in [4.78, 5) is 11.7. The van der Waals surface area contributed by atoms with E-state index in [1.165, 1.54) is 12.3 Å². The fraction of sp³-hybridized carbons (Fsp3) is 0.200. The van der Waals surface area contributed by atoms with Crippen molar-refractivity contribution in [2.24, 2.45) is 5.10 Å². The summed E-state index contributed by atoms with van der Waals surface area (Å²) in [5.74, 6) is 0.857. The number of rotatable bonds is 5. The highest BCUT2D eigenvalue weighted by atomic mass is 16.5. The molecule has 0 aliphatic heterocycles. The van der Waals surface area contributed by atoms with E-state index in [0.29, 0.717) is 23.7 Å². The van der Waals surface area contributed by atoms with Gasteiger partial charge in [0.2, 0.25) is 0 Å². The molecule has 0 fully saturated rings. The molecule has 0 unspecified atom stereocenters. The molecule has 1 aromatic heterocycles. The molecule has 2 rings (SSSR count). The van der Waals surface area contributed by atoms with E-state index in [9.17, 15) is 9.90 Å². The average molecular weight is 288 g/mol. The number of hydrazone groups is 1. The van der Waals surface area contributed by atoms with Gasteiger partial charge in [0.1, 0.15) is 5.76 Å². The van der Waals surface area contributed by atoms with E-state index < -0.39 is 5.91 Å². The Labute approximate surface area is 122 Å². The van der Waals surface area contributed by atoms with Crippen molar-refractivity contribution in [3.8, 4) is 11.5 Å². The van der Waals surface area contributed by atoms with Crippen LogP contribution in [0.3, 0.4) is 0 Å². The van der Waals surface area contributed by atoms with Crippen LogP contribution in [0.25, 0.3) is 0 Å². The maximum atomic E-state index is 11.7. The minimum Gasteiger partial charge on any atom is -0.504 e. The number of furan rings is 1. The third kappa shape index (κ3) is 3.85. The number of carbonyl (C=O) groups is 1. The lowest BCUT2D eigenvalue weighted by molar-refractivity contribution is 0.0926. The van der Waals surface area contributed by atoms with E-state index in [1.54, 1.807) is 31.2 Å². The summed E-state index contributed by atoms with van der Waals surface area (Å²) in [5, 5.41) is 13.4. The summed E-state index contributed by atoms with van der Waals surface area (Å²) in [6, 6.07) is 8.07. The van der Waals surface area contributed by atoms with Crippen LogP contribution in [0.2, 0.25) is 0 Å². The Hall–Kier alpha value is -2.76. The fourth-order valence-corrected chi connectivity index (χ4v) is 1.66. The highest BCUT2D eigenvalue weighted by Gasteiger charge is 2.08. The minimum absolute atomic E-state index is 0.0593. The van der Waals surface area contributed by atoms with Gasteiger partial charge in [-0.25, -0.2) is 5.43 Å². The van der Waals surface area contributed by atoms with Crippen LogP contribution in [0, 0.1) is 6.92 Å². The van der Waals surface area contributed by atoms with Crippen LogP contribution in [0.15, 0.2) is 39.9 Å². The zero-order valence-corrected chi connectivity index (χ0v) is 11.8. The summed E-state index contributed by atoms with van der Waals surface area (Å²) in [7, 11) is 0. The quantitative estimate of drug-likeness (QED) is 0.654. The number of hydrogen-bond donors (Lipinski definition) is 2. The van der Waals surface area contributed by atoms with Gasteiger partial charge in [0.15, 0.2) is 17.3 Å². The average Bonchev–Trinajstić information content (AvgIpc) is 2.89. The van der Waals surface area contributed by atoms with Crippen LogP contribution < -0.4 is 10.2 Å². The van der Waals surface area contributed by atoms with Gasteiger partial charge in [0, 0.05) is 0 Å². The maximum Gasteiger partial charge on any atom is 0.307 e. The Balaban J connectivity index is 2.01. The molecule has 0 aliphatic carbocycles. The summed E-state index contributed by atoms with van der Waals surface area (Å²) < 4.78 is 10.4. The van der Waals surface area contributed by atoms with Crippen molar-refractivity contribution in [2.75, 3.05) is 6.61 Å². The van der Waals surface area contributed by atoms with Gasteiger partial charge in [-0.2, -0.15) is 5.10 Å². The smallest absolute Gasteiger partial charge is 0.307 e. The molecule has 0 spiro atoms. The maximum absolute atomic E-state index is 11.7. The van der Waals surface area contributed by atoms with Gasteiger partial charge in [-0.1, -0.05) is 0 Å². The molecule has 1 aromatic carbocycles. The molecule has 21 heavy (non-hydrogen) atoms. The van der Waals surface area contributed by atoms with Gasteiger partial charge in [-0.05, 0) is 49.7 Å². The van der Waals surface area contributed by atoms with E-state index in [-0.39, 0.29) is 11.5 Å². The Bertz CT molecular complexity index is 661. The molecule has 0 aliphatic rings. The van der Waals surface area contributed by atoms with Gasteiger partial charge in [-0.3, -0.25) is 4.79 Å². The molecule has 0 saturated carbocycles. The molecule has 0 bridgehead atoms. The van der Waals surface area contributed by atoms with E-state index >= 15 is 0 Å². The van der Waals surface area contributed by atoms with E-state index in [1.807, 2.05) is 6.92 Å². The lowest BCUT2D eigenvalue weighted by atomic mass is 10.2. The normalized spacial score (nSPS) is 10.8. The number of aromatic hydroxyl groups is 1. The zero-order valence-electron chi connectivity index (χ0n) is 11.8. The van der Waals surface area contributed by atoms with Crippen molar-refractivity contribution in [3.63, 3.8) is 0 Å². The van der Waals surface area contributed by atoms with E-state index in [2.05, 4.69) is 10.5 Å². The number of phenols is 1. The third-order valence-electron chi connectivity index (χ3n) is 2.63. The molecule has 0 saturated heterocycles. The van der Waals surface area contributed by atoms with E-state index in [0.717, 1.165) is 0 Å². The second kappa shape index (κ2) is 6.60. The summed E-state index contributed by atoms with van der Waals surface area (Å²) in [6.45, 7) is 4.03. The topological polar surface area (TPSA) is 84.1 Å². The zero-order chi connectivity index (χ0) is 15.2. The summed E-state index contributed by atoms with van der Waals surface area (Å²) in [6.07, 6.45) is 1.45. The fourth-order valence-electron chi connectivity index (χ4n) is 1.66. The molecule has 2 N–H and O–H groups in total. The highest BCUT2D eigenvalue weighted by Crippen LogP contribution is 2.26. The number of aryl methyl sites for hydroxylation is 1. The number of carbonyl (C=O) groups excluding carboxylic acids is 1. The predicted octanol–water partition coefficient (Wildman–Crippen LogP) is 2.46. The summed E-state index contributed by atoms with van der Waals surface area (Å²) in [5.41, 5.74) is 3.05. The molecule has 110 valence electrons. The second-order valence-corrected chi connectivity index (χ2v) is 4.27. The number of ether oxygens (including phenoxy) is 1. The first-order chi connectivity index (χ1) is 10.1. The number of benzene rings is 1. The van der Waals surface area contributed by atoms with Crippen LogP contribution in [0.1, 0.15) is 28.8 Å². The number of amides is 1. The SMILES string of the molecule is CCOc1cc(C=NNC(=O)c2ccc(C)o2)ccc1O. The standard InChI is InChI=1S/C15H16N2O4/c1-3-20-14-8-11(5-6-12(14)18)9-16-17-15(19)13-7-4-10(2)21-13/h4-9,18H,3H2,1-2H3,(H,17,19). The van der Waals surface area contributed by atoms with Crippen LogP contribution in [-0.2, 0) is 0 Å². The molecular weight excluding hydrogens is 272 g/mol. The Kier molecular flexibility index (Phi) is 4.61. The van der Waals surface area contributed by atoms with E-state index in [4.69, 9.17) is 9.15 Å². The van der Waals surface area contributed by atoms with Crippen molar-refractivity contribution < 1.29 is 19.1 Å². The minimum atomic E-state index is -0.428. The van der Waals surface area contributed by atoms with Gasteiger partial charge < -0.3 is 14.3 Å². The Morgan fingerprint density at radius 2 is 2.24 bits per heavy atom.